The van der Waals surface area contributed by atoms with E-state index in [4.69, 9.17) is 11.0 Å². The summed E-state index contributed by atoms with van der Waals surface area (Å²) in [5.41, 5.74) is 7.02. The average Bonchev–Trinajstić information content (AvgIpc) is 2.39. The van der Waals surface area contributed by atoms with Crippen molar-refractivity contribution in [2.45, 2.75) is 6.54 Å². The largest absolute Gasteiger partial charge is 0.396 e. The second-order valence-electron chi connectivity index (χ2n) is 3.72. The molecule has 5 heteroatoms. The summed E-state index contributed by atoms with van der Waals surface area (Å²) in [6.45, 7) is 0.287. The van der Waals surface area contributed by atoms with E-state index in [9.17, 15) is 4.39 Å². The van der Waals surface area contributed by atoms with Gasteiger partial charge in [0.15, 0.2) is 0 Å². The lowest BCUT2D eigenvalue weighted by Crippen LogP contribution is -2.06. The lowest BCUT2D eigenvalue weighted by atomic mass is 10.2. The van der Waals surface area contributed by atoms with Gasteiger partial charge in [-0.3, -0.25) is 0 Å². The number of nitrogens with two attached hydrogens (primary N) is 1. The summed E-state index contributed by atoms with van der Waals surface area (Å²) in [7, 11) is 0. The van der Waals surface area contributed by atoms with Crippen LogP contribution in [0.5, 0.6) is 0 Å². The molecule has 2 rings (SSSR count). The van der Waals surface area contributed by atoms with Crippen molar-refractivity contribution in [3.8, 4) is 6.07 Å². The summed E-state index contributed by atoms with van der Waals surface area (Å²) >= 11 is 0. The van der Waals surface area contributed by atoms with E-state index in [1.54, 1.807) is 18.2 Å². The van der Waals surface area contributed by atoms with Gasteiger partial charge < -0.3 is 11.1 Å². The van der Waals surface area contributed by atoms with Crippen LogP contribution in [-0.2, 0) is 6.54 Å². The van der Waals surface area contributed by atoms with E-state index < -0.39 is 0 Å². The minimum Gasteiger partial charge on any atom is -0.396 e. The predicted octanol–water partition coefficient (Wildman–Crippen LogP) is 2.29. The quantitative estimate of drug-likeness (QED) is 0.865. The second kappa shape index (κ2) is 5.15. The molecule has 0 aliphatic heterocycles. The molecule has 0 radical (unpaired) electrons. The van der Waals surface area contributed by atoms with Crippen molar-refractivity contribution in [2.75, 3.05) is 11.1 Å². The summed E-state index contributed by atoms with van der Waals surface area (Å²) in [4.78, 5) is 4.01. The molecule has 0 unspecified atom stereocenters. The molecule has 0 saturated carbocycles. The Hall–Kier alpha value is -2.61. The minimum absolute atomic E-state index is 0.280. The zero-order chi connectivity index (χ0) is 13.0. The fourth-order valence-corrected chi connectivity index (χ4v) is 1.51. The molecule has 3 N–H and O–H groups in total. The Morgan fingerprint density at radius 2 is 2.17 bits per heavy atom. The smallest absolute Gasteiger partial charge is 0.149 e. The number of benzene rings is 1. The number of nitrogen functional groups attached to an aromatic ring is 1. The highest BCUT2D eigenvalue weighted by molar-refractivity contribution is 5.63. The predicted molar refractivity (Wildman–Crippen MR) is 67.1 cm³/mol. The van der Waals surface area contributed by atoms with Gasteiger partial charge in [-0.2, -0.15) is 5.26 Å². The second-order valence-corrected chi connectivity index (χ2v) is 3.72. The molecule has 0 amide bonds. The number of rotatable bonds is 3. The number of nitrogens with one attached hydrogen (secondary N) is 1. The molecular weight excluding hydrogens is 231 g/mol. The van der Waals surface area contributed by atoms with Crippen molar-refractivity contribution in [1.82, 2.24) is 4.98 Å². The summed E-state index contributed by atoms with van der Waals surface area (Å²) in [6, 6.07) is 9.94. The molecule has 1 heterocycles. The SMILES string of the molecule is N#Cc1cnc(NCc2ccccc2F)c(N)c1. The molecule has 0 saturated heterocycles. The Morgan fingerprint density at radius 3 is 2.83 bits per heavy atom. The number of nitrogens with zero attached hydrogens (tertiary/aromatic N) is 2. The topological polar surface area (TPSA) is 74.7 Å². The number of aromatic nitrogens is 1. The minimum atomic E-state index is -0.280. The maximum Gasteiger partial charge on any atom is 0.149 e. The van der Waals surface area contributed by atoms with E-state index in [2.05, 4.69) is 10.3 Å². The fraction of sp³-hybridized carbons (Fsp3) is 0.0769. The standard InChI is InChI=1S/C13H11FN4/c14-11-4-2-1-3-10(11)8-18-13-12(16)5-9(6-15)7-17-13/h1-5,7H,8,16H2,(H,17,18). The van der Waals surface area contributed by atoms with Gasteiger partial charge in [-0.15, -0.1) is 0 Å². The van der Waals surface area contributed by atoms with E-state index in [0.29, 0.717) is 22.6 Å². The van der Waals surface area contributed by atoms with Gasteiger partial charge in [0, 0.05) is 18.3 Å². The first-order chi connectivity index (χ1) is 8.70. The van der Waals surface area contributed by atoms with Crippen LogP contribution >= 0.6 is 0 Å². The normalized spacial score (nSPS) is 9.78. The van der Waals surface area contributed by atoms with E-state index in [1.165, 1.54) is 18.3 Å². The van der Waals surface area contributed by atoms with Crippen molar-refractivity contribution >= 4 is 11.5 Å². The Morgan fingerprint density at radius 1 is 1.39 bits per heavy atom. The molecule has 0 spiro atoms. The van der Waals surface area contributed by atoms with Crippen LogP contribution in [0.1, 0.15) is 11.1 Å². The third-order valence-electron chi connectivity index (χ3n) is 2.45. The first kappa shape index (κ1) is 11.9. The lowest BCUT2D eigenvalue weighted by molar-refractivity contribution is 0.613. The van der Waals surface area contributed by atoms with E-state index in [-0.39, 0.29) is 12.4 Å². The molecule has 0 aliphatic rings. The Bertz CT molecular complexity index is 604. The number of hydrogen-bond donors (Lipinski definition) is 2. The molecule has 0 fully saturated rings. The fourth-order valence-electron chi connectivity index (χ4n) is 1.51. The van der Waals surface area contributed by atoms with Crippen molar-refractivity contribution in [3.63, 3.8) is 0 Å². The van der Waals surface area contributed by atoms with Crippen molar-refractivity contribution in [3.05, 3.63) is 53.5 Å². The lowest BCUT2D eigenvalue weighted by Gasteiger charge is -2.08. The molecular formula is C13H11FN4. The van der Waals surface area contributed by atoms with Crippen LogP contribution in [-0.4, -0.2) is 4.98 Å². The third kappa shape index (κ3) is 2.55. The number of nitriles is 1. The Labute approximate surface area is 104 Å². The zero-order valence-electron chi connectivity index (χ0n) is 9.52. The average molecular weight is 242 g/mol. The molecule has 2 aromatic rings. The van der Waals surface area contributed by atoms with Gasteiger partial charge in [-0.1, -0.05) is 18.2 Å². The van der Waals surface area contributed by atoms with E-state index in [0.717, 1.165) is 0 Å². The molecule has 0 atom stereocenters. The van der Waals surface area contributed by atoms with Crippen LogP contribution < -0.4 is 11.1 Å². The van der Waals surface area contributed by atoms with E-state index >= 15 is 0 Å². The van der Waals surface area contributed by atoms with Gasteiger partial charge in [0.2, 0.25) is 0 Å². The maximum absolute atomic E-state index is 13.4. The van der Waals surface area contributed by atoms with E-state index in [1.807, 2.05) is 6.07 Å². The molecule has 90 valence electrons. The summed E-state index contributed by atoms with van der Waals surface area (Å²) in [6.07, 6.45) is 1.42. The number of halogens is 1. The van der Waals surface area contributed by atoms with Crippen LogP contribution in [0.4, 0.5) is 15.9 Å². The highest BCUT2D eigenvalue weighted by atomic mass is 19.1. The molecule has 0 aliphatic carbocycles. The first-order valence-corrected chi connectivity index (χ1v) is 5.33. The van der Waals surface area contributed by atoms with Crippen LogP contribution in [0.25, 0.3) is 0 Å². The highest BCUT2D eigenvalue weighted by Gasteiger charge is 2.04. The third-order valence-corrected chi connectivity index (χ3v) is 2.45. The van der Waals surface area contributed by atoms with Crippen molar-refractivity contribution < 1.29 is 4.39 Å². The number of hydrogen-bond acceptors (Lipinski definition) is 4. The van der Waals surface area contributed by atoms with Gasteiger partial charge in [0.1, 0.15) is 17.7 Å². The van der Waals surface area contributed by atoms with Gasteiger partial charge in [0.25, 0.3) is 0 Å². The maximum atomic E-state index is 13.4. The van der Waals surface area contributed by atoms with Crippen molar-refractivity contribution in [2.24, 2.45) is 0 Å². The summed E-state index contributed by atoms with van der Waals surface area (Å²) < 4.78 is 13.4. The first-order valence-electron chi connectivity index (χ1n) is 5.33. The summed E-state index contributed by atoms with van der Waals surface area (Å²) in [5, 5.41) is 11.6. The highest BCUT2D eigenvalue weighted by Crippen LogP contribution is 2.17. The molecule has 0 bridgehead atoms. The van der Waals surface area contributed by atoms with Gasteiger partial charge in [0.05, 0.1) is 11.3 Å². The molecule has 1 aromatic carbocycles. The molecule has 1 aromatic heterocycles. The van der Waals surface area contributed by atoms with Crippen molar-refractivity contribution in [1.29, 1.82) is 5.26 Å². The Balaban J connectivity index is 2.12. The van der Waals surface area contributed by atoms with Crippen LogP contribution in [0.2, 0.25) is 0 Å². The van der Waals surface area contributed by atoms with Crippen LogP contribution in [0.15, 0.2) is 36.5 Å². The van der Waals surface area contributed by atoms with Crippen LogP contribution in [0.3, 0.4) is 0 Å². The Kier molecular flexibility index (Phi) is 3.39. The monoisotopic (exact) mass is 242 g/mol. The summed E-state index contributed by atoms with van der Waals surface area (Å²) in [5.74, 6) is 0.162. The number of pyridine rings is 1. The van der Waals surface area contributed by atoms with Gasteiger partial charge >= 0.3 is 0 Å². The zero-order valence-corrected chi connectivity index (χ0v) is 9.52. The van der Waals surface area contributed by atoms with Gasteiger partial charge in [-0.05, 0) is 12.1 Å². The molecule has 18 heavy (non-hydrogen) atoms. The van der Waals surface area contributed by atoms with Crippen LogP contribution in [0, 0.1) is 17.1 Å². The molecule has 4 nitrogen and oxygen atoms in total. The van der Waals surface area contributed by atoms with Gasteiger partial charge in [-0.25, -0.2) is 9.37 Å². The number of anilines is 2.